The van der Waals surface area contributed by atoms with Crippen molar-refractivity contribution in [2.45, 2.75) is 39.8 Å². The standard InChI is InChI=1S/C14H21BrN2O/c1-9(10-5-7-11(15)8-6-10)17-13(18)12(16)14(2,3)4/h5-9,12H,16H2,1-4H3,(H,17,18). The zero-order valence-corrected chi connectivity index (χ0v) is 12.9. The van der Waals surface area contributed by atoms with Crippen LogP contribution in [-0.2, 0) is 4.79 Å². The van der Waals surface area contributed by atoms with Crippen molar-refractivity contribution >= 4 is 21.8 Å². The van der Waals surface area contributed by atoms with Gasteiger partial charge in [-0.25, -0.2) is 0 Å². The SMILES string of the molecule is CC(NC(=O)C(N)C(C)(C)C)c1ccc(Br)cc1. The number of hydrogen-bond donors (Lipinski definition) is 2. The highest BCUT2D eigenvalue weighted by molar-refractivity contribution is 9.10. The topological polar surface area (TPSA) is 55.1 Å². The lowest BCUT2D eigenvalue weighted by Gasteiger charge is -2.27. The second-order valence-corrected chi connectivity index (χ2v) is 6.54. The van der Waals surface area contributed by atoms with Crippen LogP contribution in [0.3, 0.4) is 0 Å². The first-order valence-corrected chi connectivity index (χ1v) is 6.82. The Hall–Kier alpha value is -0.870. The summed E-state index contributed by atoms with van der Waals surface area (Å²) in [6, 6.07) is 7.34. The van der Waals surface area contributed by atoms with E-state index in [-0.39, 0.29) is 17.4 Å². The molecule has 1 amide bonds. The average Bonchev–Trinajstić information content (AvgIpc) is 2.27. The molecular formula is C14H21BrN2O. The van der Waals surface area contributed by atoms with Gasteiger partial charge in [0.15, 0.2) is 0 Å². The van der Waals surface area contributed by atoms with E-state index in [0.29, 0.717) is 0 Å². The van der Waals surface area contributed by atoms with E-state index in [1.807, 2.05) is 52.0 Å². The minimum Gasteiger partial charge on any atom is -0.348 e. The second-order valence-electron chi connectivity index (χ2n) is 5.63. The normalized spacial score (nSPS) is 15.0. The summed E-state index contributed by atoms with van der Waals surface area (Å²) in [5.41, 5.74) is 6.76. The smallest absolute Gasteiger partial charge is 0.237 e. The molecule has 0 saturated heterocycles. The van der Waals surface area contributed by atoms with Crippen LogP contribution in [-0.4, -0.2) is 11.9 Å². The van der Waals surface area contributed by atoms with Crippen LogP contribution < -0.4 is 11.1 Å². The number of nitrogens with two attached hydrogens (primary N) is 1. The molecule has 0 aliphatic carbocycles. The van der Waals surface area contributed by atoms with E-state index in [1.54, 1.807) is 0 Å². The lowest BCUT2D eigenvalue weighted by Crippen LogP contribution is -2.49. The Balaban J connectivity index is 2.68. The summed E-state index contributed by atoms with van der Waals surface area (Å²) < 4.78 is 1.02. The lowest BCUT2D eigenvalue weighted by molar-refractivity contribution is -0.125. The Morgan fingerprint density at radius 3 is 2.22 bits per heavy atom. The van der Waals surface area contributed by atoms with Crippen LogP contribution in [0.15, 0.2) is 28.7 Å². The first-order chi connectivity index (χ1) is 8.21. The predicted octanol–water partition coefficient (Wildman–Crippen LogP) is 3.00. The number of hydrogen-bond acceptors (Lipinski definition) is 2. The van der Waals surface area contributed by atoms with E-state index in [9.17, 15) is 4.79 Å². The van der Waals surface area contributed by atoms with Gasteiger partial charge in [0, 0.05) is 4.47 Å². The Kier molecular flexibility index (Phi) is 4.93. The van der Waals surface area contributed by atoms with Crippen molar-refractivity contribution < 1.29 is 4.79 Å². The van der Waals surface area contributed by atoms with E-state index >= 15 is 0 Å². The molecule has 2 unspecified atom stereocenters. The van der Waals surface area contributed by atoms with E-state index in [4.69, 9.17) is 5.73 Å². The van der Waals surface area contributed by atoms with Crippen LogP contribution in [0.1, 0.15) is 39.3 Å². The van der Waals surface area contributed by atoms with Crippen LogP contribution in [0.5, 0.6) is 0 Å². The minimum atomic E-state index is -0.504. The molecule has 0 aliphatic heterocycles. The minimum absolute atomic E-state index is 0.0426. The predicted molar refractivity (Wildman–Crippen MR) is 78.1 cm³/mol. The average molecular weight is 313 g/mol. The summed E-state index contributed by atoms with van der Waals surface area (Å²) in [6.07, 6.45) is 0. The molecule has 2 atom stereocenters. The highest BCUT2D eigenvalue weighted by Crippen LogP contribution is 2.20. The molecule has 3 N–H and O–H groups in total. The molecule has 0 fully saturated rings. The quantitative estimate of drug-likeness (QED) is 0.901. The van der Waals surface area contributed by atoms with Crippen LogP contribution in [0.4, 0.5) is 0 Å². The van der Waals surface area contributed by atoms with Gasteiger partial charge >= 0.3 is 0 Å². The zero-order valence-electron chi connectivity index (χ0n) is 11.3. The summed E-state index contributed by atoms with van der Waals surface area (Å²) in [5.74, 6) is -0.113. The summed E-state index contributed by atoms with van der Waals surface area (Å²) in [6.45, 7) is 7.83. The molecule has 4 heteroatoms. The van der Waals surface area contributed by atoms with E-state index in [2.05, 4.69) is 21.2 Å². The van der Waals surface area contributed by atoms with Gasteiger partial charge in [0.25, 0.3) is 0 Å². The number of carbonyl (C=O) groups excluding carboxylic acids is 1. The largest absolute Gasteiger partial charge is 0.348 e. The Labute approximate surface area is 117 Å². The molecule has 0 aromatic heterocycles. The van der Waals surface area contributed by atoms with Gasteiger partial charge in [-0.1, -0.05) is 48.8 Å². The third-order valence-electron chi connectivity index (χ3n) is 2.94. The maximum Gasteiger partial charge on any atom is 0.237 e. The van der Waals surface area contributed by atoms with E-state index in [1.165, 1.54) is 0 Å². The molecule has 18 heavy (non-hydrogen) atoms. The number of rotatable bonds is 3. The molecule has 1 aromatic carbocycles. The van der Waals surface area contributed by atoms with Gasteiger partial charge in [-0.15, -0.1) is 0 Å². The van der Waals surface area contributed by atoms with Gasteiger partial charge in [-0.05, 0) is 30.0 Å². The van der Waals surface area contributed by atoms with Gasteiger partial charge < -0.3 is 11.1 Å². The maximum absolute atomic E-state index is 12.0. The Morgan fingerprint density at radius 2 is 1.78 bits per heavy atom. The zero-order chi connectivity index (χ0) is 13.9. The van der Waals surface area contributed by atoms with Gasteiger partial charge in [0.2, 0.25) is 5.91 Å². The van der Waals surface area contributed by atoms with Crippen LogP contribution in [0.25, 0.3) is 0 Å². The first-order valence-electron chi connectivity index (χ1n) is 6.03. The second kappa shape index (κ2) is 5.85. The molecule has 0 bridgehead atoms. The Morgan fingerprint density at radius 1 is 1.28 bits per heavy atom. The van der Waals surface area contributed by atoms with E-state index in [0.717, 1.165) is 10.0 Å². The molecule has 0 aliphatic rings. The third-order valence-corrected chi connectivity index (χ3v) is 3.47. The van der Waals surface area contributed by atoms with Crippen molar-refractivity contribution in [3.05, 3.63) is 34.3 Å². The van der Waals surface area contributed by atoms with Crippen LogP contribution in [0.2, 0.25) is 0 Å². The fourth-order valence-electron chi connectivity index (χ4n) is 1.53. The molecule has 1 aromatic rings. The summed E-state index contributed by atoms with van der Waals surface area (Å²) in [5, 5.41) is 2.94. The summed E-state index contributed by atoms with van der Waals surface area (Å²) in [4.78, 5) is 12.0. The number of amides is 1. The van der Waals surface area contributed by atoms with E-state index < -0.39 is 6.04 Å². The molecule has 100 valence electrons. The van der Waals surface area contributed by atoms with Gasteiger partial charge in [-0.2, -0.15) is 0 Å². The van der Waals surface area contributed by atoms with Crippen LogP contribution >= 0.6 is 15.9 Å². The number of nitrogens with one attached hydrogen (secondary N) is 1. The molecule has 1 rings (SSSR count). The fourth-order valence-corrected chi connectivity index (χ4v) is 1.80. The van der Waals surface area contributed by atoms with Gasteiger partial charge in [-0.3, -0.25) is 4.79 Å². The first kappa shape index (κ1) is 15.2. The molecule has 3 nitrogen and oxygen atoms in total. The number of benzene rings is 1. The van der Waals surface area contributed by atoms with Crippen molar-refractivity contribution in [3.8, 4) is 0 Å². The van der Waals surface area contributed by atoms with Crippen LogP contribution in [0, 0.1) is 5.41 Å². The molecule has 0 radical (unpaired) electrons. The van der Waals surface area contributed by atoms with Gasteiger partial charge in [0.05, 0.1) is 12.1 Å². The van der Waals surface area contributed by atoms with Crippen molar-refractivity contribution in [1.29, 1.82) is 0 Å². The lowest BCUT2D eigenvalue weighted by atomic mass is 9.86. The van der Waals surface area contributed by atoms with Crippen molar-refractivity contribution in [3.63, 3.8) is 0 Å². The fraction of sp³-hybridized carbons (Fsp3) is 0.500. The van der Waals surface area contributed by atoms with Crippen molar-refractivity contribution in [2.24, 2.45) is 11.1 Å². The molecule has 0 heterocycles. The molecule has 0 saturated carbocycles. The number of halogens is 1. The van der Waals surface area contributed by atoms with Gasteiger partial charge in [0.1, 0.15) is 0 Å². The monoisotopic (exact) mass is 312 g/mol. The van der Waals surface area contributed by atoms with Crippen molar-refractivity contribution in [1.82, 2.24) is 5.32 Å². The highest BCUT2D eigenvalue weighted by Gasteiger charge is 2.28. The van der Waals surface area contributed by atoms with Crippen molar-refractivity contribution in [2.75, 3.05) is 0 Å². The summed E-state index contributed by atoms with van der Waals surface area (Å²) in [7, 11) is 0. The Bertz CT molecular complexity index is 409. The third kappa shape index (κ3) is 4.10. The molecular weight excluding hydrogens is 292 g/mol. The molecule has 0 spiro atoms. The summed E-state index contributed by atoms with van der Waals surface area (Å²) >= 11 is 3.39. The maximum atomic E-state index is 12.0. The number of carbonyl (C=O) groups is 1. The highest BCUT2D eigenvalue weighted by atomic mass is 79.9.